The minimum absolute atomic E-state index is 0.0463. The molecule has 3 N–H and O–H groups in total. The summed E-state index contributed by atoms with van der Waals surface area (Å²) >= 11 is 6.34. The highest BCUT2D eigenvalue weighted by Crippen LogP contribution is 2.42. The number of benzene rings is 1. The highest BCUT2D eigenvalue weighted by Gasteiger charge is 2.57. The molecule has 6 rings (SSSR count). The van der Waals surface area contributed by atoms with Crippen molar-refractivity contribution in [3.63, 3.8) is 0 Å². The first-order valence-corrected chi connectivity index (χ1v) is 14.5. The van der Waals surface area contributed by atoms with Gasteiger partial charge in [-0.3, -0.25) is 29.9 Å². The molecule has 2 aliphatic carbocycles. The van der Waals surface area contributed by atoms with Crippen molar-refractivity contribution in [2.75, 3.05) is 0 Å². The van der Waals surface area contributed by atoms with Crippen LogP contribution in [-0.2, 0) is 27.4 Å². The number of fused-ring (bicyclic) bond motifs is 2. The highest BCUT2D eigenvalue weighted by atomic mass is 35.5. The number of ether oxygens (including phenoxy) is 1. The molecule has 228 valence electrons. The summed E-state index contributed by atoms with van der Waals surface area (Å²) in [6.07, 6.45) is -3.74. The second kappa shape index (κ2) is 10.9. The molecule has 5 aliphatic rings. The average Bonchev–Trinajstić information content (AvgIpc) is 3.46. The number of carbonyl (C=O) groups is 4. The number of alkyl halides is 3. The van der Waals surface area contributed by atoms with Crippen LogP contribution in [0.25, 0.3) is 0 Å². The Hall–Kier alpha value is -2.97. The lowest BCUT2D eigenvalue weighted by Gasteiger charge is -2.46. The van der Waals surface area contributed by atoms with Gasteiger partial charge in [0.15, 0.2) is 6.17 Å². The van der Waals surface area contributed by atoms with Gasteiger partial charge >= 0.3 is 12.3 Å². The summed E-state index contributed by atoms with van der Waals surface area (Å²) in [7, 11) is 0. The summed E-state index contributed by atoms with van der Waals surface area (Å²) in [5, 5.41) is 7.45. The highest BCUT2D eigenvalue weighted by molar-refractivity contribution is 6.32. The standard InChI is InChI=1S/C27H30ClF4N5O5/c28-16-7-12(22(29)21-15(16)11-36(24(21)40)19-5-6-20(38)35-23(19)39)10-33-26(41)42-14-8-13(9-14)37-18-4-2-1-3-17(18)34-25(37)27(30,31)32/h7,13-14,17-19,25,34H,1-6,8-11H2,(H,33,41)(H,35,38,39). The lowest BCUT2D eigenvalue weighted by Crippen LogP contribution is -2.59. The fraction of sp³-hybridized carbons (Fsp3) is 0.630. The van der Waals surface area contributed by atoms with Crippen molar-refractivity contribution < 1.29 is 41.5 Å². The SMILES string of the molecule is O=C1CCC(N2Cc3c(Cl)cc(CNC(=O)OC4CC(N5C6CCCCC6NC5C(F)(F)F)C4)c(F)c3C2=O)C(=O)N1. The van der Waals surface area contributed by atoms with Crippen molar-refractivity contribution >= 4 is 35.4 Å². The van der Waals surface area contributed by atoms with Crippen molar-refractivity contribution in [2.24, 2.45) is 0 Å². The van der Waals surface area contributed by atoms with Gasteiger partial charge in [-0.2, -0.15) is 13.2 Å². The zero-order chi connectivity index (χ0) is 29.9. The molecular formula is C27H30ClF4N5O5. The Morgan fingerprint density at radius 2 is 1.88 bits per heavy atom. The molecule has 1 aromatic carbocycles. The number of nitrogens with zero attached hydrogens (tertiary/aromatic N) is 2. The van der Waals surface area contributed by atoms with Gasteiger partial charge in [0.05, 0.1) is 5.56 Å². The van der Waals surface area contributed by atoms with Crippen LogP contribution < -0.4 is 16.0 Å². The van der Waals surface area contributed by atoms with Crippen LogP contribution in [-0.4, -0.2) is 76.2 Å². The van der Waals surface area contributed by atoms with E-state index in [4.69, 9.17) is 16.3 Å². The van der Waals surface area contributed by atoms with Gasteiger partial charge in [-0.05, 0) is 25.3 Å². The number of rotatable bonds is 5. The summed E-state index contributed by atoms with van der Waals surface area (Å²) in [6, 6.07) is -0.430. The van der Waals surface area contributed by atoms with Gasteiger partial charge in [0, 0.05) is 66.6 Å². The molecule has 15 heteroatoms. The molecule has 0 radical (unpaired) electrons. The molecular weight excluding hydrogens is 586 g/mol. The van der Waals surface area contributed by atoms with E-state index < -0.39 is 54.1 Å². The largest absolute Gasteiger partial charge is 0.446 e. The van der Waals surface area contributed by atoms with Crippen molar-refractivity contribution in [1.29, 1.82) is 0 Å². The number of nitrogens with one attached hydrogen (secondary N) is 3. The molecule has 4 atom stereocenters. The summed E-state index contributed by atoms with van der Waals surface area (Å²) in [5.74, 6) is -2.71. The van der Waals surface area contributed by atoms with E-state index in [0.29, 0.717) is 12.8 Å². The van der Waals surface area contributed by atoms with Gasteiger partial charge in [-0.15, -0.1) is 0 Å². The molecule has 0 bridgehead atoms. The van der Waals surface area contributed by atoms with Gasteiger partial charge in [-0.1, -0.05) is 24.4 Å². The second-order valence-electron chi connectivity index (χ2n) is 11.6. The Morgan fingerprint density at radius 1 is 1.14 bits per heavy atom. The number of piperidine rings is 1. The normalized spacial score (nSPS) is 31.4. The lowest BCUT2D eigenvalue weighted by atomic mass is 9.84. The lowest BCUT2D eigenvalue weighted by molar-refractivity contribution is -0.199. The number of hydrogen-bond donors (Lipinski definition) is 3. The third kappa shape index (κ3) is 5.21. The first-order valence-electron chi connectivity index (χ1n) is 14.1. The fourth-order valence-corrected chi connectivity index (χ4v) is 7.25. The minimum Gasteiger partial charge on any atom is -0.446 e. The van der Waals surface area contributed by atoms with Crippen molar-refractivity contribution in [2.45, 2.75) is 107 Å². The molecule has 10 nitrogen and oxygen atoms in total. The monoisotopic (exact) mass is 615 g/mol. The number of amides is 4. The van der Waals surface area contributed by atoms with E-state index in [1.54, 1.807) is 0 Å². The van der Waals surface area contributed by atoms with Crippen LogP contribution in [0.4, 0.5) is 22.4 Å². The van der Waals surface area contributed by atoms with Crippen LogP contribution in [0.15, 0.2) is 6.07 Å². The maximum Gasteiger partial charge on any atom is 0.417 e. The Kier molecular flexibility index (Phi) is 7.59. The maximum absolute atomic E-state index is 15.4. The first-order chi connectivity index (χ1) is 19.9. The van der Waals surface area contributed by atoms with Gasteiger partial charge < -0.3 is 15.0 Å². The number of halogens is 5. The Balaban J connectivity index is 1.05. The zero-order valence-corrected chi connectivity index (χ0v) is 23.2. The molecule has 4 amide bonds. The Labute approximate surface area is 243 Å². The average molecular weight is 616 g/mol. The fourth-order valence-electron chi connectivity index (χ4n) is 6.97. The third-order valence-electron chi connectivity index (χ3n) is 9.06. The van der Waals surface area contributed by atoms with Crippen molar-refractivity contribution in [3.05, 3.63) is 33.6 Å². The van der Waals surface area contributed by atoms with Gasteiger partial charge in [0.1, 0.15) is 18.0 Å². The molecule has 4 unspecified atom stereocenters. The van der Waals surface area contributed by atoms with Crippen LogP contribution in [0.5, 0.6) is 0 Å². The number of carbonyl (C=O) groups excluding carboxylic acids is 4. The summed E-state index contributed by atoms with van der Waals surface area (Å²) < 4.78 is 62.1. The quantitative estimate of drug-likeness (QED) is 0.344. The smallest absolute Gasteiger partial charge is 0.417 e. The van der Waals surface area contributed by atoms with E-state index in [9.17, 15) is 32.3 Å². The summed E-state index contributed by atoms with van der Waals surface area (Å²) in [6.45, 7) is -0.451. The molecule has 0 aromatic heterocycles. The predicted molar refractivity (Wildman–Crippen MR) is 138 cm³/mol. The topological polar surface area (TPSA) is 120 Å². The number of imide groups is 1. The Morgan fingerprint density at radius 3 is 2.60 bits per heavy atom. The molecule has 3 aliphatic heterocycles. The van der Waals surface area contributed by atoms with E-state index in [-0.39, 0.29) is 78.6 Å². The van der Waals surface area contributed by atoms with Crippen molar-refractivity contribution in [3.8, 4) is 0 Å². The maximum atomic E-state index is 15.4. The van der Waals surface area contributed by atoms with Crippen LogP contribution in [0, 0.1) is 5.82 Å². The van der Waals surface area contributed by atoms with Crippen LogP contribution >= 0.6 is 11.6 Å². The second-order valence-corrected chi connectivity index (χ2v) is 12.0. The number of alkyl carbamates (subject to hydrolysis) is 1. The van der Waals surface area contributed by atoms with E-state index in [0.717, 1.165) is 12.8 Å². The molecule has 3 heterocycles. The van der Waals surface area contributed by atoms with Crippen LogP contribution in [0.3, 0.4) is 0 Å². The van der Waals surface area contributed by atoms with E-state index in [1.165, 1.54) is 15.9 Å². The zero-order valence-electron chi connectivity index (χ0n) is 22.4. The summed E-state index contributed by atoms with van der Waals surface area (Å²) in [4.78, 5) is 52.0. The van der Waals surface area contributed by atoms with Crippen molar-refractivity contribution in [1.82, 2.24) is 25.8 Å². The molecule has 4 fully saturated rings. The predicted octanol–water partition coefficient (Wildman–Crippen LogP) is 3.10. The molecule has 42 heavy (non-hydrogen) atoms. The van der Waals surface area contributed by atoms with Crippen LogP contribution in [0.2, 0.25) is 5.02 Å². The minimum atomic E-state index is -4.41. The molecule has 2 saturated carbocycles. The Bertz CT molecular complexity index is 1320. The molecule has 1 aromatic rings. The van der Waals surface area contributed by atoms with E-state index >= 15 is 4.39 Å². The van der Waals surface area contributed by atoms with Gasteiger partial charge in [0.25, 0.3) is 5.91 Å². The van der Waals surface area contributed by atoms with Crippen LogP contribution in [0.1, 0.15) is 72.9 Å². The number of hydrogen-bond acceptors (Lipinski definition) is 7. The van der Waals surface area contributed by atoms with E-state index in [2.05, 4.69) is 16.0 Å². The van der Waals surface area contributed by atoms with E-state index in [1.807, 2.05) is 0 Å². The van der Waals surface area contributed by atoms with Gasteiger partial charge in [0.2, 0.25) is 11.8 Å². The van der Waals surface area contributed by atoms with Gasteiger partial charge in [-0.25, -0.2) is 9.18 Å². The summed E-state index contributed by atoms with van der Waals surface area (Å²) in [5.41, 5.74) is -0.150. The molecule has 0 spiro atoms. The molecule has 2 saturated heterocycles. The third-order valence-corrected chi connectivity index (χ3v) is 9.40. The first kappa shape index (κ1) is 29.1.